The summed E-state index contributed by atoms with van der Waals surface area (Å²) < 4.78 is 24.0. The summed E-state index contributed by atoms with van der Waals surface area (Å²) in [5.74, 6) is 0.359. The van der Waals surface area contributed by atoms with Crippen LogP contribution in [0.15, 0.2) is 16.5 Å². The molecule has 3 nitrogen and oxygen atoms in total. The molecule has 0 radical (unpaired) electrons. The molecule has 86 valence electrons. The SMILES string of the molecule is COCc1nc2cc(F)c(C(C)C)cc2o1. The molecule has 0 bridgehead atoms. The van der Waals surface area contributed by atoms with Crippen molar-refractivity contribution in [1.82, 2.24) is 4.98 Å². The monoisotopic (exact) mass is 223 g/mol. The van der Waals surface area contributed by atoms with Gasteiger partial charge < -0.3 is 9.15 Å². The van der Waals surface area contributed by atoms with Crippen LogP contribution < -0.4 is 0 Å². The van der Waals surface area contributed by atoms with Crippen LogP contribution in [0.4, 0.5) is 4.39 Å². The Hall–Kier alpha value is -1.42. The first kappa shape index (κ1) is 11.1. The molecule has 1 heterocycles. The van der Waals surface area contributed by atoms with Crippen molar-refractivity contribution in [1.29, 1.82) is 0 Å². The summed E-state index contributed by atoms with van der Waals surface area (Å²) >= 11 is 0. The smallest absolute Gasteiger partial charge is 0.221 e. The van der Waals surface area contributed by atoms with E-state index in [1.165, 1.54) is 6.07 Å². The highest BCUT2D eigenvalue weighted by molar-refractivity contribution is 5.73. The Morgan fingerprint density at radius 3 is 2.81 bits per heavy atom. The number of methoxy groups -OCH3 is 1. The number of halogens is 1. The van der Waals surface area contributed by atoms with E-state index in [-0.39, 0.29) is 11.7 Å². The third-order valence-corrected chi connectivity index (χ3v) is 2.44. The van der Waals surface area contributed by atoms with Gasteiger partial charge in [-0.2, -0.15) is 0 Å². The maximum atomic E-state index is 13.7. The fourth-order valence-corrected chi connectivity index (χ4v) is 1.64. The lowest BCUT2D eigenvalue weighted by molar-refractivity contribution is 0.161. The Kier molecular flexibility index (Phi) is 2.92. The quantitative estimate of drug-likeness (QED) is 0.801. The normalized spacial score (nSPS) is 11.6. The van der Waals surface area contributed by atoms with Crippen LogP contribution in [0, 0.1) is 5.82 Å². The van der Waals surface area contributed by atoms with Gasteiger partial charge in [0.2, 0.25) is 5.89 Å². The fourth-order valence-electron chi connectivity index (χ4n) is 1.64. The molecule has 0 spiro atoms. The first-order valence-corrected chi connectivity index (χ1v) is 5.19. The average Bonchev–Trinajstić information content (AvgIpc) is 2.58. The van der Waals surface area contributed by atoms with E-state index >= 15 is 0 Å². The Labute approximate surface area is 93.2 Å². The molecule has 0 aliphatic rings. The third-order valence-electron chi connectivity index (χ3n) is 2.44. The maximum Gasteiger partial charge on any atom is 0.221 e. The van der Waals surface area contributed by atoms with Crippen LogP contribution in [0.2, 0.25) is 0 Å². The number of fused-ring (bicyclic) bond motifs is 1. The Morgan fingerprint density at radius 1 is 1.44 bits per heavy atom. The largest absolute Gasteiger partial charge is 0.438 e. The van der Waals surface area contributed by atoms with Gasteiger partial charge in [0.15, 0.2) is 5.58 Å². The van der Waals surface area contributed by atoms with Gasteiger partial charge in [-0.05, 0) is 17.5 Å². The summed E-state index contributed by atoms with van der Waals surface area (Å²) in [5, 5.41) is 0. The van der Waals surface area contributed by atoms with Gasteiger partial charge in [-0.25, -0.2) is 9.37 Å². The van der Waals surface area contributed by atoms with E-state index in [0.29, 0.717) is 29.2 Å². The first-order chi connectivity index (χ1) is 7.61. The van der Waals surface area contributed by atoms with Crippen molar-refractivity contribution in [3.63, 3.8) is 0 Å². The molecule has 0 aliphatic carbocycles. The van der Waals surface area contributed by atoms with Gasteiger partial charge in [0, 0.05) is 13.2 Å². The summed E-state index contributed by atoms with van der Waals surface area (Å²) in [5.41, 5.74) is 1.79. The van der Waals surface area contributed by atoms with E-state index in [1.807, 2.05) is 13.8 Å². The highest BCUT2D eigenvalue weighted by Crippen LogP contribution is 2.25. The molecule has 0 aliphatic heterocycles. The molecule has 16 heavy (non-hydrogen) atoms. The second kappa shape index (κ2) is 4.22. The van der Waals surface area contributed by atoms with Crippen LogP contribution in [-0.2, 0) is 11.3 Å². The van der Waals surface area contributed by atoms with Gasteiger partial charge in [-0.1, -0.05) is 13.8 Å². The number of hydrogen-bond acceptors (Lipinski definition) is 3. The van der Waals surface area contributed by atoms with Gasteiger partial charge in [-0.3, -0.25) is 0 Å². The van der Waals surface area contributed by atoms with Crippen LogP contribution in [0.3, 0.4) is 0 Å². The molecule has 0 unspecified atom stereocenters. The number of ether oxygens (including phenoxy) is 1. The summed E-state index contributed by atoms with van der Waals surface area (Å²) in [6, 6.07) is 3.12. The lowest BCUT2D eigenvalue weighted by Crippen LogP contribution is -1.92. The van der Waals surface area contributed by atoms with E-state index < -0.39 is 0 Å². The van der Waals surface area contributed by atoms with E-state index in [9.17, 15) is 4.39 Å². The number of hydrogen-bond donors (Lipinski definition) is 0. The van der Waals surface area contributed by atoms with Crippen LogP contribution >= 0.6 is 0 Å². The molecule has 2 rings (SSSR count). The van der Waals surface area contributed by atoms with Gasteiger partial charge in [0.1, 0.15) is 17.9 Å². The molecule has 0 atom stereocenters. The van der Waals surface area contributed by atoms with E-state index in [0.717, 1.165) is 0 Å². The van der Waals surface area contributed by atoms with Crippen LogP contribution in [0.5, 0.6) is 0 Å². The number of oxazole rings is 1. The van der Waals surface area contributed by atoms with Gasteiger partial charge >= 0.3 is 0 Å². The summed E-state index contributed by atoms with van der Waals surface area (Å²) in [6.45, 7) is 4.18. The molecular formula is C12H14FNO2. The van der Waals surface area contributed by atoms with Crippen molar-refractivity contribution in [2.24, 2.45) is 0 Å². The topological polar surface area (TPSA) is 35.3 Å². The zero-order valence-electron chi connectivity index (χ0n) is 9.58. The maximum absolute atomic E-state index is 13.7. The molecular weight excluding hydrogens is 209 g/mol. The zero-order valence-corrected chi connectivity index (χ0v) is 9.58. The highest BCUT2D eigenvalue weighted by atomic mass is 19.1. The number of rotatable bonds is 3. The van der Waals surface area contributed by atoms with Crippen molar-refractivity contribution in [3.8, 4) is 0 Å². The second-order valence-electron chi connectivity index (χ2n) is 4.04. The first-order valence-electron chi connectivity index (χ1n) is 5.19. The number of aromatic nitrogens is 1. The van der Waals surface area contributed by atoms with Crippen molar-refractivity contribution >= 4 is 11.1 Å². The van der Waals surface area contributed by atoms with Crippen molar-refractivity contribution in [3.05, 3.63) is 29.4 Å². The average molecular weight is 223 g/mol. The molecule has 4 heteroatoms. The summed E-state index contributed by atoms with van der Waals surface area (Å²) in [6.07, 6.45) is 0. The molecule has 0 N–H and O–H groups in total. The Bertz CT molecular complexity index is 505. The highest BCUT2D eigenvalue weighted by Gasteiger charge is 2.12. The molecule has 0 fully saturated rings. The number of nitrogens with zero attached hydrogens (tertiary/aromatic N) is 1. The predicted molar refractivity (Wildman–Crippen MR) is 58.8 cm³/mol. The van der Waals surface area contributed by atoms with Gasteiger partial charge in [-0.15, -0.1) is 0 Å². The van der Waals surface area contributed by atoms with Gasteiger partial charge in [0.05, 0.1) is 0 Å². The lowest BCUT2D eigenvalue weighted by atomic mass is 10.0. The van der Waals surface area contributed by atoms with Crippen molar-refractivity contribution in [2.75, 3.05) is 7.11 Å². The van der Waals surface area contributed by atoms with Crippen LogP contribution in [0.25, 0.3) is 11.1 Å². The number of benzene rings is 1. The molecule has 1 aromatic heterocycles. The molecule has 1 aromatic carbocycles. The second-order valence-corrected chi connectivity index (χ2v) is 4.04. The minimum atomic E-state index is -0.236. The standard InChI is InChI=1S/C12H14FNO2/c1-7(2)8-4-11-10(5-9(8)13)14-12(16-11)6-15-3/h4-5,7H,6H2,1-3H3. The van der Waals surface area contributed by atoms with Gasteiger partial charge in [0.25, 0.3) is 0 Å². The molecule has 0 saturated carbocycles. The summed E-state index contributed by atoms with van der Waals surface area (Å²) in [7, 11) is 1.56. The molecule has 0 amide bonds. The van der Waals surface area contributed by atoms with E-state index in [2.05, 4.69) is 4.98 Å². The van der Waals surface area contributed by atoms with E-state index in [1.54, 1.807) is 13.2 Å². The zero-order chi connectivity index (χ0) is 11.7. The Morgan fingerprint density at radius 2 is 2.19 bits per heavy atom. The van der Waals surface area contributed by atoms with Crippen molar-refractivity contribution < 1.29 is 13.5 Å². The van der Waals surface area contributed by atoms with Crippen molar-refractivity contribution in [2.45, 2.75) is 26.4 Å². The Balaban J connectivity index is 2.52. The minimum Gasteiger partial charge on any atom is -0.438 e. The van der Waals surface area contributed by atoms with Crippen LogP contribution in [0.1, 0.15) is 31.2 Å². The molecule has 0 saturated heterocycles. The summed E-state index contributed by atoms with van der Waals surface area (Å²) in [4.78, 5) is 4.13. The molecule has 2 aromatic rings. The fraction of sp³-hybridized carbons (Fsp3) is 0.417. The lowest BCUT2D eigenvalue weighted by Gasteiger charge is -2.05. The third kappa shape index (κ3) is 1.93. The van der Waals surface area contributed by atoms with Crippen LogP contribution in [-0.4, -0.2) is 12.1 Å². The minimum absolute atomic E-state index is 0.125. The predicted octanol–water partition coefficient (Wildman–Crippen LogP) is 3.24. The van der Waals surface area contributed by atoms with E-state index in [4.69, 9.17) is 9.15 Å².